The summed E-state index contributed by atoms with van der Waals surface area (Å²) >= 11 is 6.08. The summed E-state index contributed by atoms with van der Waals surface area (Å²) in [4.78, 5) is 29.3. The van der Waals surface area contributed by atoms with Crippen LogP contribution in [0.2, 0.25) is 5.02 Å². The maximum Gasteiger partial charge on any atom is 0.330 e. The van der Waals surface area contributed by atoms with E-state index in [2.05, 4.69) is 24.8 Å². The van der Waals surface area contributed by atoms with Gasteiger partial charge in [-0.25, -0.2) is 9.78 Å². The molecule has 0 N–H and O–H groups in total. The number of carbonyl (C=O) groups excluding carboxylic acids is 1. The Hall–Kier alpha value is -2.64. The molecule has 1 atom stereocenters. The molecule has 1 aromatic carbocycles. The highest BCUT2D eigenvalue weighted by atomic mass is 35.5. The molecule has 4 heterocycles. The highest BCUT2D eigenvalue weighted by Crippen LogP contribution is 2.36. The van der Waals surface area contributed by atoms with Crippen LogP contribution in [0.5, 0.6) is 0 Å². The predicted octanol–water partition coefficient (Wildman–Crippen LogP) is 4.19. The molecule has 0 radical (unpaired) electrons. The highest BCUT2D eigenvalue weighted by Gasteiger charge is 2.43. The molecule has 2 amide bonds. The molecule has 0 aliphatic carbocycles. The fourth-order valence-corrected chi connectivity index (χ4v) is 4.78. The van der Waals surface area contributed by atoms with Gasteiger partial charge >= 0.3 is 6.03 Å². The summed E-state index contributed by atoms with van der Waals surface area (Å²) in [5.41, 5.74) is 3.62. The Bertz CT molecular complexity index is 1030. The maximum absolute atomic E-state index is 13.8. The van der Waals surface area contributed by atoms with Gasteiger partial charge in [-0.1, -0.05) is 37.6 Å². The largest absolute Gasteiger partial charge is 0.378 e. The SMILES string of the molecule is CC(C)CC1CN=C2c3ncc(N4CCOCC4)cc3N(Cc3ccc(Cl)cc3)C(=O)N21. The van der Waals surface area contributed by atoms with Gasteiger partial charge in [-0.2, -0.15) is 0 Å². The van der Waals surface area contributed by atoms with E-state index in [0.29, 0.717) is 43.1 Å². The molecule has 7 nitrogen and oxygen atoms in total. The molecule has 5 rings (SSSR count). The lowest BCUT2D eigenvalue weighted by molar-refractivity contribution is 0.122. The minimum atomic E-state index is -0.0322. The number of rotatable bonds is 5. The van der Waals surface area contributed by atoms with Crippen molar-refractivity contribution in [1.29, 1.82) is 0 Å². The van der Waals surface area contributed by atoms with E-state index in [1.807, 2.05) is 40.3 Å². The first-order valence-corrected chi connectivity index (χ1v) is 11.6. The Morgan fingerprint density at radius 3 is 2.66 bits per heavy atom. The van der Waals surface area contributed by atoms with E-state index in [4.69, 9.17) is 26.3 Å². The molecular formula is C24H28ClN5O2. The van der Waals surface area contributed by atoms with E-state index < -0.39 is 0 Å². The zero-order chi connectivity index (χ0) is 22.2. The topological polar surface area (TPSA) is 61.3 Å². The summed E-state index contributed by atoms with van der Waals surface area (Å²) in [6.45, 7) is 8.46. The van der Waals surface area contributed by atoms with Gasteiger partial charge in [0.05, 0.1) is 49.9 Å². The Morgan fingerprint density at radius 2 is 1.94 bits per heavy atom. The number of hydrogen-bond donors (Lipinski definition) is 0. The van der Waals surface area contributed by atoms with Crippen LogP contribution in [0.15, 0.2) is 41.5 Å². The summed E-state index contributed by atoms with van der Waals surface area (Å²) in [7, 11) is 0. The number of anilines is 2. The minimum Gasteiger partial charge on any atom is -0.378 e. The maximum atomic E-state index is 13.8. The minimum absolute atomic E-state index is 0.0322. The fourth-order valence-electron chi connectivity index (χ4n) is 4.66. The van der Waals surface area contributed by atoms with Crippen molar-refractivity contribution in [3.63, 3.8) is 0 Å². The third-order valence-electron chi connectivity index (χ3n) is 6.21. The normalized spacial score (nSPS) is 20.5. The molecule has 3 aliphatic rings. The Kier molecular flexibility index (Phi) is 5.78. The van der Waals surface area contributed by atoms with Crippen molar-refractivity contribution in [3.8, 4) is 0 Å². The second kappa shape index (κ2) is 8.71. The zero-order valence-electron chi connectivity index (χ0n) is 18.5. The summed E-state index contributed by atoms with van der Waals surface area (Å²) in [5.74, 6) is 1.18. The van der Waals surface area contributed by atoms with Crippen LogP contribution in [-0.2, 0) is 11.3 Å². The number of fused-ring (bicyclic) bond motifs is 3. The van der Waals surface area contributed by atoms with E-state index >= 15 is 0 Å². The average molecular weight is 454 g/mol. The molecule has 0 bridgehead atoms. The molecule has 1 aromatic heterocycles. The number of benzene rings is 1. The van der Waals surface area contributed by atoms with Gasteiger partial charge in [-0.3, -0.25) is 14.8 Å². The fraction of sp³-hybridized carbons (Fsp3) is 0.458. The van der Waals surface area contributed by atoms with E-state index in [0.717, 1.165) is 42.1 Å². The molecule has 0 spiro atoms. The lowest BCUT2D eigenvalue weighted by atomic mass is 10.0. The molecular weight excluding hydrogens is 426 g/mol. The molecule has 3 aliphatic heterocycles. The summed E-state index contributed by atoms with van der Waals surface area (Å²) in [6, 6.07) is 9.77. The van der Waals surface area contributed by atoms with E-state index in [1.54, 1.807) is 0 Å². The van der Waals surface area contributed by atoms with Crippen LogP contribution >= 0.6 is 11.6 Å². The number of pyridine rings is 1. The second-order valence-corrected chi connectivity index (χ2v) is 9.41. The first-order valence-electron chi connectivity index (χ1n) is 11.2. The van der Waals surface area contributed by atoms with Crippen LogP contribution in [0, 0.1) is 5.92 Å². The molecule has 1 fully saturated rings. The second-order valence-electron chi connectivity index (χ2n) is 8.97. The number of morpholine rings is 1. The Morgan fingerprint density at radius 1 is 1.19 bits per heavy atom. The highest BCUT2D eigenvalue weighted by molar-refractivity contribution is 6.30. The predicted molar refractivity (Wildman–Crippen MR) is 127 cm³/mol. The van der Waals surface area contributed by atoms with Crippen molar-refractivity contribution in [2.45, 2.75) is 32.9 Å². The monoisotopic (exact) mass is 453 g/mol. The number of carbonyl (C=O) groups is 1. The van der Waals surface area contributed by atoms with Crippen molar-refractivity contribution >= 4 is 34.8 Å². The number of amides is 2. The van der Waals surface area contributed by atoms with Crippen molar-refractivity contribution in [3.05, 3.63) is 52.8 Å². The third kappa shape index (κ3) is 3.95. The zero-order valence-corrected chi connectivity index (χ0v) is 19.3. The number of urea groups is 1. The van der Waals surface area contributed by atoms with Crippen molar-refractivity contribution in [1.82, 2.24) is 9.88 Å². The molecule has 0 saturated carbocycles. The Labute approximate surface area is 193 Å². The van der Waals surface area contributed by atoms with Crippen LogP contribution < -0.4 is 9.80 Å². The number of ether oxygens (including phenoxy) is 1. The van der Waals surface area contributed by atoms with Gasteiger partial charge in [0.2, 0.25) is 0 Å². The van der Waals surface area contributed by atoms with E-state index in [9.17, 15) is 4.79 Å². The van der Waals surface area contributed by atoms with Crippen LogP contribution in [0.4, 0.5) is 16.2 Å². The van der Waals surface area contributed by atoms with Gasteiger partial charge in [0.15, 0.2) is 5.84 Å². The van der Waals surface area contributed by atoms with Crippen LogP contribution in [0.3, 0.4) is 0 Å². The molecule has 1 unspecified atom stereocenters. The number of nitrogens with zero attached hydrogens (tertiary/aromatic N) is 5. The molecule has 1 saturated heterocycles. The van der Waals surface area contributed by atoms with Crippen LogP contribution in [0.25, 0.3) is 0 Å². The average Bonchev–Trinajstić information content (AvgIpc) is 3.21. The number of aromatic nitrogens is 1. The number of halogens is 1. The van der Waals surface area contributed by atoms with E-state index in [1.165, 1.54) is 0 Å². The van der Waals surface area contributed by atoms with Gasteiger partial charge in [0.25, 0.3) is 0 Å². The third-order valence-corrected chi connectivity index (χ3v) is 6.46. The summed E-state index contributed by atoms with van der Waals surface area (Å²) in [5, 5.41) is 0.682. The van der Waals surface area contributed by atoms with Gasteiger partial charge in [0.1, 0.15) is 5.69 Å². The number of amidine groups is 1. The Balaban J connectivity index is 1.55. The van der Waals surface area contributed by atoms with E-state index in [-0.39, 0.29) is 12.1 Å². The van der Waals surface area contributed by atoms with Gasteiger partial charge in [-0.15, -0.1) is 0 Å². The lowest BCUT2D eigenvalue weighted by Gasteiger charge is -2.39. The van der Waals surface area contributed by atoms with Crippen molar-refractivity contribution in [2.75, 3.05) is 42.6 Å². The van der Waals surface area contributed by atoms with Gasteiger partial charge < -0.3 is 9.64 Å². The van der Waals surface area contributed by atoms with Crippen LogP contribution in [0.1, 0.15) is 31.5 Å². The van der Waals surface area contributed by atoms with Gasteiger partial charge in [-0.05, 0) is 36.1 Å². The number of hydrogen-bond acceptors (Lipinski definition) is 5. The molecule has 2 aromatic rings. The molecule has 168 valence electrons. The molecule has 8 heteroatoms. The number of aliphatic imine (C=N–C) groups is 1. The first-order chi connectivity index (χ1) is 15.5. The smallest absolute Gasteiger partial charge is 0.330 e. The summed E-state index contributed by atoms with van der Waals surface area (Å²) in [6.07, 6.45) is 2.81. The first kappa shape index (κ1) is 21.2. The standard InChI is InChI=1S/C24H28ClN5O2/c1-16(2)11-20-14-27-23-22-21(12-19(13-26-22)28-7-9-32-10-8-28)29(24(31)30(20)23)15-17-3-5-18(25)6-4-17/h3-6,12-13,16,20H,7-11,14-15H2,1-2H3. The lowest BCUT2D eigenvalue weighted by Crippen LogP contribution is -2.53. The quantitative estimate of drug-likeness (QED) is 0.681. The summed E-state index contributed by atoms with van der Waals surface area (Å²) < 4.78 is 5.50. The van der Waals surface area contributed by atoms with Crippen molar-refractivity contribution < 1.29 is 9.53 Å². The van der Waals surface area contributed by atoms with Crippen LogP contribution in [-0.4, -0.2) is 60.6 Å². The van der Waals surface area contributed by atoms with Crippen molar-refractivity contribution in [2.24, 2.45) is 10.9 Å². The van der Waals surface area contributed by atoms with Gasteiger partial charge in [0, 0.05) is 18.1 Å². The molecule has 32 heavy (non-hydrogen) atoms.